The van der Waals surface area contributed by atoms with Gasteiger partial charge in [0.15, 0.2) is 0 Å². The molecule has 0 spiro atoms. The highest BCUT2D eigenvalue weighted by Gasteiger charge is 1.99. The van der Waals surface area contributed by atoms with E-state index in [1.165, 1.54) is 12.8 Å². The zero-order valence-electron chi connectivity index (χ0n) is 13.8. The maximum atomic E-state index is 9.29. The van der Waals surface area contributed by atoms with Crippen molar-refractivity contribution in [1.29, 1.82) is 5.26 Å². The van der Waals surface area contributed by atoms with Gasteiger partial charge in [-0.25, -0.2) is 0 Å². The van der Waals surface area contributed by atoms with Gasteiger partial charge in [-0.15, -0.1) is 0 Å². The van der Waals surface area contributed by atoms with Crippen molar-refractivity contribution in [2.45, 2.75) is 26.2 Å². The summed E-state index contributed by atoms with van der Waals surface area (Å²) in [5.41, 5.74) is 2.23. The van der Waals surface area contributed by atoms with Gasteiger partial charge in [-0.2, -0.15) is 5.26 Å². The van der Waals surface area contributed by atoms with Crippen LogP contribution in [-0.4, -0.2) is 6.61 Å². The summed E-state index contributed by atoms with van der Waals surface area (Å²) in [7, 11) is 0. The number of ether oxygens (including phenoxy) is 1. The monoisotopic (exact) mass is 340 g/mol. The van der Waals surface area contributed by atoms with E-state index in [9.17, 15) is 5.26 Å². The molecule has 0 heterocycles. The van der Waals surface area contributed by atoms with Gasteiger partial charge in [-0.3, -0.25) is 0 Å². The predicted octanol–water partition coefficient (Wildman–Crippen LogP) is 5.89. The van der Waals surface area contributed by atoms with E-state index in [0.29, 0.717) is 10.7 Å². The average molecular weight is 341 g/mol. The normalized spacial score (nSPS) is 11.0. The lowest BCUT2D eigenvalue weighted by Crippen LogP contribution is -1.98. The molecule has 0 unspecified atom stereocenters. The Bertz CT molecular complexity index is 700. The SMILES string of the molecule is CCCCCOc1ccc(/C=C(\C#N)Nc2ccc(Cl)cc2)cc1. The van der Waals surface area contributed by atoms with Crippen LogP contribution < -0.4 is 10.1 Å². The van der Waals surface area contributed by atoms with Crippen molar-refractivity contribution in [3.05, 3.63) is 64.8 Å². The molecule has 2 aromatic rings. The molecule has 0 aromatic heterocycles. The highest BCUT2D eigenvalue weighted by atomic mass is 35.5. The number of hydrogen-bond donors (Lipinski definition) is 1. The molecule has 2 aromatic carbocycles. The van der Waals surface area contributed by atoms with Crippen LogP contribution in [-0.2, 0) is 0 Å². The van der Waals surface area contributed by atoms with E-state index in [0.717, 1.165) is 30.0 Å². The van der Waals surface area contributed by atoms with Gasteiger partial charge in [-0.05, 0) is 54.5 Å². The van der Waals surface area contributed by atoms with E-state index >= 15 is 0 Å². The number of nitriles is 1. The van der Waals surface area contributed by atoms with Gasteiger partial charge in [0.05, 0.1) is 6.61 Å². The number of allylic oxidation sites excluding steroid dienone is 1. The molecule has 1 N–H and O–H groups in total. The lowest BCUT2D eigenvalue weighted by atomic mass is 10.2. The molecule has 0 amide bonds. The summed E-state index contributed by atoms with van der Waals surface area (Å²) in [5.74, 6) is 0.854. The lowest BCUT2D eigenvalue weighted by Gasteiger charge is -2.07. The van der Waals surface area contributed by atoms with Gasteiger partial charge in [-0.1, -0.05) is 43.5 Å². The summed E-state index contributed by atoms with van der Waals surface area (Å²) in [6.45, 7) is 2.91. The highest BCUT2D eigenvalue weighted by molar-refractivity contribution is 6.30. The van der Waals surface area contributed by atoms with Gasteiger partial charge >= 0.3 is 0 Å². The van der Waals surface area contributed by atoms with E-state index in [4.69, 9.17) is 16.3 Å². The number of unbranched alkanes of at least 4 members (excludes halogenated alkanes) is 2. The minimum atomic E-state index is 0.467. The Morgan fingerprint density at radius 2 is 1.83 bits per heavy atom. The summed E-state index contributed by atoms with van der Waals surface area (Å²) < 4.78 is 5.69. The molecule has 24 heavy (non-hydrogen) atoms. The van der Waals surface area contributed by atoms with Crippen LogP contribution in [0.2, 0.25) is 5.02 Å². The summed E-state index contributed by atoms with van der Waals surface area (Å²) in [6, 6.07) is 17.1. The minimum absolute atomic E-state index is 0.467. The van der Waals surface area contributed by atoms with Crippen molar-refractivity contribution >= 4 is 23.4 Å². The fraction of sp³-hybridized carbons (Fsp3) is 0.250. The van der Waals surface area contributed by atoms with Crippen LogP contribution in [0.1, 0.15) is 31.7 Å². The number of rotatable bonds is 8. The molecule has 0 radical (unpaired) electrons. The van der Waals surface area contributed by atoms with Crippen LogP contribution >= 0.6 is 11.6 Å². The first-order valence-electron chi connectivity index (χ1n) is 8.08. The lowest BCUT2D eigenvalue weighted by molar-refractivity contribution is 0.306. The van der Waals surface area contributed by atoms with E-state index in [-0.39, 0.29) is 0 Å². The molecule has 0 atom stereocenters. The Morgan fingerprint density at radius 3 is 2.46 bits per heavy atom. The van der Waals surface area contributed by atoms with E-state index in [1.807, 2.05) is 36.4 Å². The summed E-state index contributed by atoms with van der Waals surface area (Å²) in [5, 5.41) is 13.0. The molecule has 0 bridgehead atoms. The fourth-order valence-electron chi connectivity index (χ4n) is 2.15. The standard InChI is InChI=1S/C20H21ClN2O/c1-2-3-4-13-24-20-11-5-16(6-12-20)14-19(15-22)23-18-9-7-17(21)8-10-18/h5-12,14,23H,2-4,13H2,1H3/b19-14+. The van der Waals surface area contributed by atoms with Crippen LogP contribution in [0, 0.1) is 11.3 Å². The quantitative estimate of drug-likeness (QED) is 0.481. The summed E-state index contributed by atoms with van der Waals surface area (Å²) in [4.78, 5) is 0. The molecule has 3 nitrogen and oxygen atoms in total. The van der Waals surface area contributed by atoms with Crippen molar-refractivity contribution in [2.75, 3.05) is 11.9 Å². The van der Waals surface area contributed by atoms with Gasteiger partial charge < -0.3 is 10.1 Å². The first kappa shape index (κ1) is 17.9. The van der Waals surface area contributed by atoms with Crippen LogP contribution in [0.5, 0.6) is 5.75 Å². The number of anilines is 1. The van der Waals surface area contributed by atoms with Crippen molar-refractivity contribution in [3.8, 4) is 11.8 Å². The Labute approximate surface area is 148 Å². The molecule has 0 aliphatic carbocycles. The molecule has 0 aliphatic rings. The summed E-state index contributed by atoms with van der Waals surface area (Å²) >= 11 is 5.86. The molecule has 124 valence electrons. The smallest absolute Gasteiger partial charge is 0.119 e. The van der Waals surface area contributed by atoms with Gasteiger partial charge in [0.25, 0.3) is 0 Å². The Morgan fingerprint density at radius 1 is 1.12 bits per heavy atom. The van der Waals surface area contributed by atoms with E-state index < -0.39 is 0 Å². The Balaban J connectivity index is 1.97. The van der Waals surface area contributed by atoms with Crippen LogP contribution in [0.15, 0.2) is 54.2 Å². The van der Waals surface area contributed by atoms with Gasteiger partial charge in [0.1, 0.15) is 17.5 Å². The van der Waals surface area contributed by atoms with E-state index in [1.54, 1.807) is 18.2 Å². The third-order valence-electron chi connectivity index (χ3n) is 3.45. The van der Waals surface area contributed by atoms with Crippen LogP contribution in [0.4, 0.5) is 5.69 Å². The van der Waals surface area contributed by atoms with E-state index in [2.05, 4.69) is 18.3 Å². The largest absolute Gasteiger partial charge is 0.494 e. The topological polar surface area (TPSA) is 45.0 Å². The average Bonchev–Trinajstić information content (AvgIpc) is 2.61. The maximum Gasteiger partial charge on any atom is 0.119 e. The zero-order chi connectivity index (χ0) is 17.2. The fourth-order valence-corrected chi connectivity index (χ4v) is 2.28. The molecule has 0 aliphatic heterocycles. The first-order chi connectivity index (χ1) is 11.7. The molecule has 2 rings (SSSR count). The van der Waals surface area contributed by atoms with Gasteiger partial charge in [0, 0.05) is 10.7 Å². The van der Waals surface area contributed by atoms with Crippen molar-refractivity contribution in [1.82, 2.24) is 0 Å². The number of halogens is 1. The minimum Gasteiger partial charge on any atom is -0.494 e. The predicted molar refractivity (Wildman–Crippen MR) is 100 cm³/mol. The molecule has 0 saturated carbocycles. The number of hydrogen-bond acceptors (Lipinski definition) is 3. The molecular formula is C20H21ClN2O. The molecule has 0 saturated heterocycles. The first-order valence-corrected chi connectivity index (χ1v) is 8.46. The molecular weight excluding hydrogens is 320 g/mol. The zero-order valence-corrected chi connectivity index (χ0v) is 14.5. The van der Waals surface area contributed by atoms with Crippen LogP contribution in [0.3, 0.4) is 0 Å². The summed E-state index contributed by atoms with van der Waals surface area (Å²) in [6.07, 6.45) is 5.24. The second-order valence-electron chi connectivity index (χ2n) is 5.43. The van der Waals surface area contributed by atoms with Crippen molar-refractivity contribution in [3.63, 3.8) is 0 Å². The molecule has 0 fully saturated rings. The second kappa shape index (κ2) is 9.64. The third-order valence-corrected chi connectivity index (χ3v) is 3.70. The van der Waals surface area contributed by atoms with Gasteiger partial charge in [0.2, 0.25) is 0 Å². The number of nitrogens with zero attached hydrogens (tertiary/aromatic N) is 1. The van der Waals surface area contributed by atoms with Crippen LogP contribution in [0.25, 0.3) is 6.08 Å². The number of nitrogens with one attached hydrogen (secondary N) is 1. The second-order valence-corrected chi connectivity index (χ2v) is 5.86. The van der Waals surface area contributed by atoms with Crippen molar-refractivity contribution < 1.29 is 4.74 Å². The highest BCUT2D eigenvalue weighted by Crippen LogP contribution is 2.18. The molecule has 4 heteroatoms. The Kier molecular flexibility index (Phi) is 7.20. The number of benzene rings is 2. The Hall–Kier alpha value is -2.44. The van der Waals surface area contributed by atoms with Crippen molar-refractivity contribution in [2.24, 2.45) is 0 Å². The maximum absolute atomic E-state index is 9.29. The third kappa shape index (κ3) is 5.98.